The smallest absolute Gasteiger partial charge is 0.257 e. The molecule has 1 atom stereocenters. The lowest BCUT2D eigenvalue weighted by atomic mass is 9.75. The predicted octanol–water partition coefficient (Wildman–Crippen LogP) is 6.30. The summed E-state index contributed by atoms with van der Waals surface area (Å²) in [6.45, 7) is 10.4. The van der Waals surface area contributed by atoms with Crippen LogP contribution in [0.4, 0.5) is 11.4 Å². The topological polar surface area (TPSA) is 45.1 Å². The van der Waals surface area contributed by atoms with E-state index in [0.717, 1.165) is 48.1 Å². The van der Waals surface area contributed by atoms with Crippen LogP contribution in [0.5, 0.6) is 5.75 Å². The van der Waals surface area contributed by atoms with E-state index in [1.807, 2.05) is 29.3 Å². The Morgan fingerprint density at radius 2 is 1.77 bits per heavy atom. The zero-order valence-electron chi connectivity index (χ0n) is 21.3. The molecule has 3 aliphatic rings. The van der Waals surface area contributed by atoms with Gasteiger partial charge in [0.05, 0.1) is 17.2 Å². The van der Waals surface area contributed by atoms with Gasteiger partial charge < -0.3 is 14.5 Å². The van der Waals surface area contributed by atoms with Gasteiger partial charge in [0.15, 0.2) is 5.75 Å². The molecule has 35 heavy (non-hydrogen) atoms. The van der Waals surface area contributed by atoms with Crippen LogP contribution in [0.2, 0.25) is 0 Å². The minimum absolute atomic E-state index is 0.0435. The number of carbonyl (C=O) groups excluding carboxylic acids is 1. The standard InChI is InChI=1S/C30H33N3O2/c1-19-13-14-24-25(20(19)2)29(3,4)30(32(24)5)18-31-26-22-12-8-7-11-21(22)17-23(27(26)35-30)28(34)33-15-9-6-10-16-33/h7-8,11-14,17-18H,6,9-10,15-16H2,1-5H3. The minimum Gasteiger partial charge on any atom is -0.459 e. The average Bonchev–Trinajstić information content (AvgIpc) is 3.03. The number of hydrogen-bond donors (Lipinski definition) is 0. The maximum Gasteiger partial charge on any atom is 0.257 e. The molecule has 0 aliphatic carbocycles. The fourth-order valence-corrected chi connectivity index (χ4v) is 6.39. The molecule has 1 amide bonds. The molecule has 5 heteroatoms. The Morgan fingerprint density at radius 1 is 1.03 bits per heavy atom. The summed E-state index contributed by atoms with van der Waals surface area (Å²) < 4.78 is 7.07. The molecular weight excluding hydrogens is 434 g/mol. The van der Waals surface area contributed by atoms with Crippen LogP contribution in [0.25, 0.3) is 10.8 Å². The molecule has 3 aliphatic heterocycles. The molecule has 0 radical (unpaired) electrons. The third-order valence-corrected chi connectivity index (χ3v) is 8.57. The summed E-state index contributed by atoms with van der Waals surface area (Å²) in [4.78, 5) is 23.1. The van der Waals surface area contributed by atoms with Crippen molar-refractivity contribution >= 4 is 34.3 Å². The van der Waals surface area contributed by atoms with Gasteiger partial charge in [0, 0.05) is 31.2 Å². The van der Waals surface area contributed by atoms with E-state index in [9.17, 15) is 4.79 Å². The number of ether oxygens (including phenoxy) is 1. The van der Waals surface area contributed by atoms with E-state index < -0.39 is 5.72 Å². The van der Waals surface area contributed by atoms with Crippen LogP contribution in [0, 0.1) is 13.8 Å². The number of fused-ring (bicyclic) bond motifs is 4. The van der Waals surface area contributed by atoms with Gasteiger partial charge in [-0.25, -0.2) is 0 Å². The molecule has 0 N–H and O–H groups in total. The van der Waals surface area contributed by atoms with Crippen molar-refractivity contribution in [2.24, 2.45) is 4.99 Å². The second-order valence-electron chi connectivity index (χ2n) is 10.8. The van der Waals surface area contributed by atoms with Gasteiger partial charge in [-0.2, -0.15) is 0 Å². The second kappa shape index (κ2) is 7.58. The highest BCUT2D eigenvalue weighted by molar-refractivity contribution is 6.09. The van der Waals surface area contributed by atoms with Crippen LogP contribution in [-0.4, -0.2) is 42.9 Å². The maximum absolute atomic E-state index is 13.9. The van der Waals surface area contributed by atoms with Gasteiger partial charge in [-0.15, -0.1) is 0 Å². The summed E-state index contributed by atoms with van der Waals surface area (Å²) in [6.07, 6.45) is 5.24. The number of carbonyl (C=O) groups is 1. The van der Waals surface area contributed by atoms with Crippen LogP contribution >= 0.6 is 0 Å². The molecule has 3 aromatic rings. The number of anilines is 1. The van der Waals surface area contributed by atoms with E-state index in [2.05, 4.69) is 63.9 Å². The Balaban J connectivity index is 1.56. The third-order valence-electron chi connectivity index (χ3n) is 8.57. The van der Waals surface area contributed by atoms with Crippen molar-refractivity contribution in [1.82, 2.24) is 4.90 Å². The molecule has 5 nitrogen and oxygen atoms in total. The number of likely N-dealkylation sites (tertiary alicyclic amines) is 1. The Kier molecular flexibility index (Phi) is 4.79. The number of aryl methyl sites for hydroxylation is 1. The zero-order chi connectivity index (χ0) is 24.5. The van der Waals surface area contributed by atoms with Gasteiger partial charge in [0.25, 0.3) is 5.91 Å². The average molecular weight is 468 g/mol. The van der Waals surface area contributed by atoms with E-state index in [0.29, 0.717) is 11.3 Å². The third kappa shape index (κ3) is 2.93. The number of aliphatic imine (C=N–C) groups is 1. The Morgan fingerprint density at radius 3 is 2.54 bits per heavy atom. The number of amides is 1. The van der Waals surface area contributed by atoms with E-state index in [4.69, 9.17) is 9.73 Å². The highest BCUT2D eigenvalue weighted by Crippen LogP contribution is 2.56. The number of benzene rings is 3. The van der Waals surface area contributed by atoms with Gasteiger partial charge >= 0.3 is 0 Å². The summed E-state index contributed by atoms with van der Waals surface area (Å²) in [6, 6.07) is 14.5. The lowest BCUT2D eigenvalue weighted by Crippen LogP contribution is -2.61. The molecule has 0 aromatic heterocycles. The molecule has 0 bridgehead atoms. The van der Waals surface area contributed by atoms with Gasteiger partial charge in [0.1, 0.15) is 5.69 Å². The normalized spacial score (nSPS) is 22.3. The molecule has 6 rings (SSSR count). The molecule has 1 unspecified atom stereocenters. The fraction of sp³-hybridized carbons (Fsp3) is 0.400. The van der Waals surface area contributed by atoms with Crippen molar-refractivity contribution in [2.45, 2.75) is 58.1 Å². The molecule has 1 saturated heterocycles. The van der Waals surface area contributed by atoms with Crippen molar-refractivity contribution in [3.8, 4) is 5.75 Å². The van der Waals surface area contributed by atoms with Gasteiger partial charge in [0.2, 0.25) is 5.72 Å². The molecule has 1 fully saturated rings. The van der Waals surface area contributed by atoms with Crippen molar-refractivity contribution in [3.05, 3.63) is 64.7 Å². The highest BCUT2D eigenvalue weighted by atomic mass is 16.5. The zero-order valence-corrected chi connectivity index (χ0v) is 21.3. The number of nitrogens with zero attached hydrogens (tertiary/aromatic N) is 3. The molecule has 3 heterocycles. The monoisotopic (exact) mass is 467 g/mol. The summed E-state index contributed by atoms with van der Waals surface area (Å²) in [5.74, 6) is 0.644. The van der Waals surface area contributed by atoms with Crippen LogP contribution in [0.1, 0.15) is 60.2 Å². The predicted molar refractivity (Wildman–Crippen MR) is 143 cm³/mol. The highest BCUT2D eigenvalue weighted by Gasteiger charge is 2.59. The van der Waals surface area contributed by atoms with E-state index >= 15 is 0 Å². The van der Waals surface area contributed by atoms with E-state index in [1.165, 1.54) is 23.1 Å². The molecule has 1 spiro atoms. The SMILES string of the molecule is Cc1ccc2c(c1C)C(C)(C)C1(C=Nc3c(c(C(=O)N4CCCCC4)cc4ccccc34)O1)N2C. The van der Waals surface area contributed by atoms with Crippen LogP contribution < -0.4 is 9.64 Å². The lowest BCUT2D eigenvalue weighted by Gasteiger charge is -2.45. The summed E-state index contributed by atoms with van der Waals surface area (Å²) in [5, 5.41) is 2.02. The van der Waals surface area contributed by atoms with Crippen LogP contribution in [-0.2, 0) is 5.41 Å². The first-order valence-corrected chi connectivity index (χ1v) is 12.7. The first-order valence-electron chi connectivity index (χ1n) is 12.7. The second-order valence-corrected chi connectivity index (χ2v) is 10.8. The summed E-state index contributed by atoms with van der Waals surface area (Å²) in [7, 11) is 2.08. The summed E-state index contributed by atoms with van der Waals surface area (Å²) >= 11 is 0. The largest absolute Gasteiger partial charge is 0.459 e. The van der Waals surface area contributed by atoms with E-state index in [-0.39, 0.29) is 11.3 Å². The maximum atomic E-state index is 13.9. The fourth-order valence-electron chi connectivity index (χ4n) is 6.39. The quantitative estimate of drug-likeness (QED) is 0.422. The van der Waals surface area contributed by atoms with Gasteiger partial charge in [-0.1, -0.05) is 30.3 Å². The van der Waals surface area contributed by atoms with E-state index in [1.54, 1.807) is 0 Å². The summed E-state index contributed by atoms with van der Waals surface area (Å²) in [5.41, 5.74) is 5.12. The molecule has 180 valence electrons. The van der Waals surface area contributed by atoms with Crippen molar-refractivity contribution in [1.29, 1.82) is 0 Å². The number of piperidine rings is 1. The lowest BCUT2D eigenvalue weighted by molar-refractivity contribution is 0.0668. The van der Waals surface area contributed by atoms with Crippen LogP contribution in [0.15, 0.2) is 47.5 Å². The van der Waals surface area contributed by atoms with Crippen molar-refractivity contribution < 1.29 is 9.53 Å². The molecule has 3 aromatic carbocycles. The Labute approximate surface area is 207 Å². The van der Waals surface area contributed by atoms with Crippen LogP contribution in [0.3, 0.4) is 0 Å². The van der Waals surface area contributed by atoms with Crippen molar-refractivity contribution in [2.75, 3.05) is 25.0 Å². The Hall–Kier alpha value is -3.34. The first kappa shape index (κ1) is 22.1. The first-order chi connectivity index (χ1) is 16.8. The minimum atomic E-state index is -0.833. The number of likely N-dealkylation sites (N-methyl/N-ethyl adjacent to an activating group) is 1. The van der Waals surface area contributed by atoms with Gasteiger partial charge in [-0.05, 0) is 81.2 Å². The number of hydrogen-bond acceptors (Lipinski definition) is 4. The number of rotatable bonds is 1. The Bertz CT molecular complexity index is 1400. The molecule has 0 saturated carbocycles. The van der Waals surface area contributed by atoms with Crippen molar-refractivity contribution in [3.63, 3.8) is 0 Å². The molecular formula is C30H33N3O2. The van der Waals surface area contributed by atoms with Gasteiger partial charge in [-0.3, -0.25) is 9.79 Å².